The normalized spacial score (nSPS) is 10.4. The van der Waals surface area contributed by atoms with Gasteiger partial charge in [-0.25, -0.2) is 4.79 Å². The summed E-state index contributed by atoms with van der Waals surface area (Å²) in [6.45, 7) is 3.16. The monoisotopic (exact) mass is 233 g/mol. The molecular weight excluding hydrogens is 210 g/mol. The summed E-state index contributed by atoms with van der Waals surface area (Å²) in [4.78, 5) is 10.7. The molecule has 0 aliphatic heterocycles. The number of methoxy groups -OCH3 is 1. The van der Waals surface area contributed by atoms with Crippen molar-refractivity contribution in [3.8, 4) is 0 Å². The maximum Gasteiger partial charge on any atom is 0.331 e. The molecule has 1 N–H and O–H groups in total. The van der Waals surface area contributed by atoms with E-state index in [9.17, 15) is 4.79 Å². The van der Waals surface area contributed by atoms with Crippen LogP contribution in [0.1, 0.15) is 19.3 Å². The highest BCUT2D eigenvalue weighted by molar-refractivity contribution is 5.70. The molecule has 0 rings (SSSR count). The van der Waals surface area contributed by atoms with Crippen LogP contribution in [-0.4, -0.2) is 53.1 Å². The van der Waals surface area contributed by atoms with Crippen LogP contribution in [0.2, 0.25) is 0 Å². The van der Waals surface area contributed by atoms with E-state index >= 15 is 0 Å². The Balaban J connectivity index is 2.96. The van der Waals surface area contributed by atoms with Gasteiger partial charge in [-0.1, -0.05) is 0 Å². The van der Waals surface area contributed by atoms with Gasteiger partial charge >= 0.3 is 5.97 Å². The van der Waals surface area contributed by atoms with Gasteiger partial charge in [-0.15, -0.1) is 0 Å². The van der Waals surface area contributed by atoms with E-state index < -0.39 is 0 Å². The smallest absolute Gasteiger partial charge is 0.331 e. The SMILES string of the molecule is CNCCCOCCCCOCC(=O)OC. The van der Waals surface area contributed by atoms with E-state index in [4.69, 9.17) is 9.47 Å². The van der Waals surface area contributed by atoms with Crippen LogP contribution >= 0.6 is 0 Å². The van der Waals surface area contributed by atoms with Crippen LogP contribution in [0.3, 0.4) is 0 Å². The third kappa shape index (κ3) is 11.4. The van der Waals surface area contributed by atoms with Crippen molar-refractivity contribution in [2.45, 2.75) is 19.3 Å². The Hall–Kier alpha value is -0.650. The average Bonchev–Trinajstić information content (AvgIpc) is 2.31. The second-order valence-electron chi connectivity index (χ2n) is 3.41. The molecule has 0 amide bonds. The van der Waals surface area contributed by atoms with Gasteiger partial charge in [0.25, 0.3) is 0 Å². The van der Waals surface area contributed by atoms with E-state index in [1.165, 1.54) is 7.11 Å². The lowest BCUT2D eigenvalue weighted by atomic mass is 10.3. The number of unbranched alkanes of at least 4 members (excludes halogenated alkanes) is 1. The maximum absolute atomic E-state index is 10.7. The summed E-state index contributed by atoms with van der Waals surface area (Å²) >= 11 is 0. The molecule has 0 bridgehead atoms. The van der Waals surface area contributed by atoms with Crippen molar-refractivity contribution in [3.05, 3.63) is 0 Å². The van der Waals surface area contributed by atoms with Crippen molar-refractivity contribution < 1.29 is 19.0 Å². The summed E-state index contributed by atoms with van der Waals surface area (Å²) in [6.07, 6.45) is 2.90. The first-order chi connectivity index (χ1) is 7.81. The lowest BCUT2D eigenvalue weighted by Crippen LogP contribution is -2.12. The molecule has 0 spiro atoms. The van der Waals surface area contributed by atoms with Crippen molar-refractivity contribution in [1.29, 1.82) is 0 Å². The van der Waals surface area contributed by atoms with Crippen LogP contribution in [0.4, 0.5) is 0 Å². The van der Waals surface area contributed by atoms with E-state index in [1.54, 1.807) is 0 Å². The Labute approximate surface area is 97.4 Å². The van der Waals surface area contributed by atoms with Crippen molar-refractivity contribution in [1.82, 2.24) is 5.32 Å². The predicted molar refractivity (Wildman–Crippen MR) is 61.4 cm³/mol. The topological polar surface area (TPSA) is 56.8 Å². The van der Waals surface area contributed by atoms with E-state index in [1.807, 2.05) is 7.05 Å². The summed E-state index contributed by atoms with van der Waals surface area (Å²) in [7, 11) is 3.28. The van der Waals surface area contributed by atoms with Crippen molar-refractivity contribution in [3.63, 3.8) is 0 Å². The third-order valence-corrected chi connectivity index (χ3v) is 1.99. The van der Waals surface area contributed by atoms with E-state index in [0.29, 0.717) is 6.61 Å². The molecule has 0 aliphatic carbocycles. The average molecular weight is 233 g/mol. The zero-order valence-corrected chi connectivity index (χ0v) is 10.3. The number of carbonyl (C=O) groups excluding carboxylic acids is 1. The molecule has 5 heteroatoms. The molecule has 0 saturated carbocycles. The summed E-state index contributed by atoms with van der Waals surface area (Å²) < 4.78 is 14.9. The van der Waals surface area contributed by atoms with Gasteiger partial charge in [-0.05, 0) is 32.9 Å². The fourth-order valence-corrected chi connectivity index (χ4v) is 1.08. The van der Waals surface area contributed by atoms with Crippen LogP contribution in [0.5, 0.6) is 0 Å². The summed E-state index contributed by atoms with van der Waals surface area (Å²) in [5, 5.41) is 3.06. The predicted octanol–water partition coefficient (Wildman–Crippen LogP) is 0.582. The number of rotatable bonds is 11. The minimum absolute atomic E-state index is 0.0412. The van der Waals surface area contributed by atoms with Crippen LogP contribution in [0.15, 0.2) is 0 Å². The fourth-order valence-electron chi connectivity index (χ4n) is 1.08. The van der Waals surface area contributed by atoms with Crippen LogP contribution < -0.4 is 5.32 Å². The number of esters is 1. The Morgan fingerprint density at radius 3 is 2.31 bits per heavy atom. The van der Waals surface area contributed by atoms with Gasteiger partial charge in [0.15, 0.2) is 0 Å². The molecule has 0 unspecified atom stereocenters. The van der Waals surface area contributed by atoms with E-state index in [-0.39, 0.29) is 12.6 Å². The maximum atomic E-state index is 10.7. The first kappa shape index (κ1) is 15.3. The standard InChI is InChI=1S/C11H23NO4/c1-12-6-5-9-15-7-3-4-8-16-10-11(13)14-2/h12H,3-10H2,1-2H3. The molecule has 0 heterocycles. The van der Waals surface area contributed by atoms with Crippen molar-refractivity contribution in [2.75, 3.05) is 47.1 Å². The fraction of sp³-hybridized carbons (Fsp3) is 0.909. The zero-order valence-electron chi connectivity index (χ0n) is 10.3. The number of hydrogen-bond acceptors (Lipinski definition) is 5. The molecule has 5 nitrogen and oxygen atoms in total. The largest absolute Gasteiger partial charge is 0.467 e. The number of ether oxygens (including phenoxy) is 3. The second-order valence-corrected chi connectivity index (χ2v) is 3.41. The Morgan fingerprint density at radius 2 is 1.69 bits per heavy atom. The molecule has 0 saturated heterocycles. The molecule has 0 atom stereocenters. The first-order valence-corrected chi connectivity index (χ1v) is 5.68. The van der Waals surface area contributed by atoms with Gasteiger partial charge in [-0.3, -0.25) is 0 Å². The van der Waals surface area contributed by atoms with Gasteiger partial charge in [0.2, 0.25) is 0 Å². The van der Waals surface area contributed by atoms with E-state index in [2.05, 4.69) is 10.1 Å². The summed E-state index contributed by atoms with van der Waals surface area (Å²) in [6, 6.07) is 0. The van der Waals surface area contributed by atoms with Gasteiger partial charge < -0.3 is 19.5 Å². The zero-order chi connectivity index (χ0) is 12.1. The summed E-state index contributed by atoms with van der Waals surface area (Å²) in [5.74, 6) is -0.330. The Bertz CT molecular complexity index is 164. The molecule has 0 aromatic heterocycles. The number of carbonyl (C=O) groups is 1. The molecule has 16 heavy (non-hydrogen) atoms. The quantitative estimate of drug-likeness (QED) is 0.418. The van der Waals surface area contributed by atoms with E-state index in [0.717, 1.165) is 39.0 Å². The molecular formula is C11H23NO4. The van der Waals surface area contributed by atoms with Gasteiger partial charge in [0.1, 0.15) is 6.61 Å². The number of nitrogens with one attached hydrogen (secondary N) is 1. The van der Waals surface area contributed by atoms with Crippen LogP contribution in [0, 0.1) is 0 Å². The summed E-state index contributed by atoms with van der Waals surface area (Å²) in [5.41, 5.74) is 0. The molecule has 96 valence electrons. The van der Waals surface area contributed by atoms with Crippen LogP contribution in [0.25, 0.3) is 0 Å². The second kappa shape index (κ2) is 12.4. The highest BCUT2D eigenvalue weighted by Crippen LogP contribution is 1.92. The van der Waals surface area contributed by atoms with Crippen LogP contribution in [-0.2, 0) is 19.0 Å². The minimum atomic E-state index is -0.330. The van der Waals surface area contributed by atoms with Gasteiger partial charge in [-0.2, -0.15) is 0 Å². The van der Waals surface area contributed by atoms with Crippen molar-refractivity contribution >= 4 is 5.97 Å². The molecule has 0 fully saturated rings. The van der Waals surface area contributed by atoms with Gasteiger partial charge in [0, 0.05) is 19.8 Å². The lowest BCUT2D eigenvalue weighted by molar-refractivity contribution is -0.145. The lowest BCUT2D eigenvalue weighted by Gasteiger charge is -2.04. The molecule has 0 aromatic rings. The van der Waals surface area contributed by atoms with Gasteiger partial charge in [0.05, 0.1) is 7.11 Å². The highest BCUT2D eigenvalue weighted by Gasteiger charge is 1.98. The number of hydrogen-bond donors (Lipinski definition) is 1. The third-order valence-electron chi connectivity index (χ3n) is 1.99. The molecule has 0 aromatic carbocycles. The molecule has 0 radical (unpaired) electrons. The minimum Gasteiger partial charge on any atom is -0.467 e. The van der Waals surface area contributed by atoms with Crippen molar-refractivity contribution in [2.24, 2.45) is 0 Å². The first-order valence-electron chi connectivity index (χ1n) is 5.68. The Morgan fingerprint density at radius 1 is 1.06 bits per heavy atom. The highest BCUT2D eigenvalue weighted by atomic mass is 16.6. The molecule has 0 aliphatic rings. The Kier molecular flexibility index (Phi) is 11.9.